The van der Waals surface area contributed by atoms with Gasteiger partial charge in [-0.15, -0.1) is 0 Å². The Balaban J connectivity index is 2.04. The maximum absolute atomic E-state index is 13.3. The maximum Gasteiger partial charge on any atom is 0.292 e. The Hall–Kier alpha value is -1.69. The van der Waals surface area contributed by atoms with Crippen molar-refractivity contribution in [2.75, 3.05) is 18.4 Å². The summed E-state index contributed by atoms with van der Waals surface area (Å²) in [6.07, 6.45) is 1.82. The number of piperidine rings is 1. The van der Waals surface area contributed by atoms with E-state index in [0.29, 0.717) is 6.04 Å². The summed E-state index contributed by atoms with van der Waals surface area (Å²) in [5.74, 6) is -0.460. The largest absolute Gasteiger partial charge is 0.377 e. The van der Waals surface area contributed by atoms with Crippen molar-refractivity contribution >= 4 is 11.4 Å². The average molecular weight is 281 g/mol. The summed E-state index contributed by atoms with van der Waals surface area (Å²) in [5.41, 5.74) is 0.204. The number of nitro groups is 1. The van der Waals surface area contributed by atoms with Gasteiger partial charge >= 0.3 is 0 Å². The van der Waals surface area contributed by atoms with E-state index in [-0.39, 0.29) is 17.4 Å². The Labute approximate surface area is 117 Å². The molecule has 1 aliphatic heterocycles. The second-order valence-corrected chi connectivity index (χ2v) is 5.47. The zero-order valence-electron chi connectivity index (χ0n) is 11.8. The molecule has 2 rings (SSSR count). The third-order valence-electron chi connectivity index (χ3n) is 3.77. The van der Waals surface area contributed by atoms with Crippen LogP contribution in [0.5, 0.6) is 0 Å². The van der Waals surface area contributed by atoms with Crippen molar-refractivity contribution < 1.29 is 9.31 Å². The molecule has 0 spiro atoms. The van der Waals surface area contributed by atoms with E-state index in [1.54, 1.807) is 0 Å². The van der Waals surface area contributed by atoms with E-state index >= 15 is 0 Å². The van der Waals surface area contributed by atoms with Crippen LogP contribution in [-0.4, -0.2) is 35.0 Å². The first-order chi connectivity index (χ1) is 9.47. The molecule has 0 unspecified atom stereocenters. The summed E-state index contributed by atoms with van der Waals surface area (Å²) in [4.78, 5) is 12.8. The van der Waals surface area contributed by atoms with Crippen molar-refractivity contribution in [2.45, 2.75) is 38.8 Å². The minimum absolute atomic E-state index is 0.0716. The van der Waals surface area contributed by atoms with Gasteiger partial charge in [0.2, 0.25) is 0 Å². The number of nitrogens with zero attached hydrogens (tertiary/aromatic N) is 2. The molecule has 1 saturated heterocycles. The molecule has 110 valence electrons. The standard InChI is InChI=1S/C14H20FN3O2/c1-10(2)17-7-5-12(6-8-17)16-13-9-11(15)3-4-14(13)18(19)20/h3-4,9-10,12,16H,5-8H2,1-2H3. The van der Waals surface area contributed by atoms with E-state index in [4.69, 9.17) is 0 Å². The van der Waals surface area contributed by atoms with Crippen molar-refractivity contribution in [1.29, 1.82) is 0 Å². The smallest absolute Gasteiger partial charge is 0.292 e. The second-order valence-electron chi connectivity index (χ2n) is 5.47. The zero-order valence-corrected chi connectivity index (χ0v) is 11.8. The van der Waals surface area contributed by atoms with Crippen molar-refractivity contribution in [3.05, 3.63) is 34.1 Å². The SMILES string of the molecule is CC(C)N1CCC(Nc2cc(F)ccc2[N+](=O)[O-])CC1. The lowest BCUT2D eigenvalue weighted by atomic mass is 10.0. The molecule has 6 heteroatoms. The molecular formula is C14H20FN3O2. The lowest BCUT2D eigenvalue weighted by Crippen LogP contribution is -2.42. The van der Waals surface area contributed by atoms with Gasteiger partial charge in [-0.2, -0.15) is 0 Å². The predicted octanol–water partition coefficient (Wildman–Crippen LogP) is 3.02. The van der Waals surface area contributed by atoms with E-state index in [1.807, 2.05) is 0 Å². The van der Waals surface area contributed by atoms with Crippen LogP contribution in [0.1, 0.15) is 26.7 Å². The number of anilines is 1. The lowest BCUT2D eigenvalue weighted by Gasteiger charge is -2.35. The summed E-state index contributed by atoms with van der Waals surface area (Å²) in [6.45, 7) is 6.23. The molecule has 1 aromatic carbocycles. The van der Waals surface area contributed by atoms with Gasteiger partial charge in [0.1, 0.15) is 11.5 Å². The second kappa shape index (κ2) is 6.17. The Morgan fingerprint density at radius 3 is 2.60 bits per heavy atom. The van der Waals surface area contributed by atoms with Gasteiger partial charge in [0, 0.05) is 37.3 Å². The Bertz CT molecular complexity index is 485. The van der Waals surface area contributed by atoms with Gasteiger partial charge in [0.15, 0.2) is 0 Å². The Kier molecular flexibility index (Phi) is 4.54. The maximum atomic E-state index is 13.3. The molecule has 20 heavy (non-hydrogen) atoms. The van der Waals surface area contributed by atoms with Crippen LogP contribution in [0.2, 0.25) is 0 Å². The van der Waals surface area contributed by atoms with Crippen LogP contribution in [-0.2, 0) is 0 Å². The quantitative estimate of drug-likeness (QED) is 0.681. The lowest BCUT2D eigenvalue weighted by molar-refractivity contribution is -0.384. The van der Waals surface area contributed by atoms with Crippen LogP contribution in [0, 0.1) is 15.9 Å². The highest BCUT2D eigenvalue weighted by Gasteiger charge is 2.23. The van der Waals surface area contributed by atoms with Crippen molar-refractivity contribution in [1.82, 2.24) is 4.90 Å². The van der Waals surface area contributed by atoms with Crippen molar-refractivity contribution in [3.63, 3.8) is 0 Å². The number of nitrogens with one attached hydrogen (secondary N) is 1. The molecule has 0 saturated carbocycles. The third-order valence-corrected chi connectivity index (χ3v) is 3.77. The first kappa shape index (κ1) is 14.7. The number of nitro benzene ring substituents is 1. The van der Waals surface area contributed by atoms with Gasteiger partial charge in [-0.25, -0.2) is 4.39 Å². The molecular weight excluding hydrogens is 261 g/mol. The monoisotopic (exact) mass is 281 g/mol. The van der Waals surface area contributed by atoms with Crippen molar-refractivity contribution in [2.24, 2.45) is 0 Å². The Morgan fingerprint density at radius 2 is 2.05 bits per heavy atom. The molecule has 1 heterocycles. The number of benzene rings is 1. The van der Waals surface area contributed by atoms with Crippen LogP contribution < -0.4 is 5.32 Å². The van der Waals surface area contributed by atoms with Gasteiger partial charge in [0.05, 0.1) is 4.92 Å². The van der Waals surface area contributed by atoms with Gasteiger partial charge in [0.25, 0.3) is 5.69 Å². The topological polar surface area (TPSA) is 58.4 Å². The Morgan fingerprint density at radius 1 is 1.40 bits per heavy atom. The van der Waals surface area contributed by atoms with E-state index in [0.717, 1.165) is 32.0 Å². The molecule has 0 bridgehead atoms. The number of rotatable bonds is 4. The fourth-order valence-corrected chi connectivity index (χ4v) is 2.56. The summed E-state index contributed by atoms with van der Waals surface area (Å²) in [6, 6.07) is 4.20. The molecule has 5 nitrogen and oxygen atoms in total. The fraction of sp³-hybridized carbons (Fsp3) is 0.571. The number of hydrogen-bond acceptors (Lipinski definition) is 4. The first-order valence-corrected chi connectivity index (χ1v) is 6.92. The molecule has 0 atom stereocenters. The van der Waals surface area contributed by atoms with Crippen molar-refractivity contribution in [3.8, 4) is 0 Å². The molecule has 0 amide bonds. The van der Waals surface area contributed by atoms with Gasteiger partial charge < -0.3 is 10.2 Å². The normalized spacial score (nSPS) is 17.4. The van der Waals surface area contributed by atoms with Crippen LogP contribution in [0.4, 0.5) is 15.8 Å². The van der Waals surface area contributed by atoms with E-state index in [1.165, 1.54) is 12.1 Å². The summed E-state index contributed by atoms with van der Waals surface area (Å²) >= 11 is 0. The molecule has 1 aliphatic rings. The van der Waals surface area contributed by atoms with Gasteiger partial charge in [-0.3, -0.25) is 10.1 Å². The molecule has 1 aromatic rings. The number of likely N-dealkylation sites (tertiary alicyclic amines) is 1. The zero-order chi connectivity index (χ0) is 14.7. The van der Waals surface area contributed by atoms with E-state index in [9.17, 15) is 14.5 Å². The molecule has 1 fully saturated rings. The first-order valence-electron chi connectivity index (χ1n) is 6.92. The van der Waals surface area contributed by atoms with Crippen LogP contribution >= 0.6 is 0 Å². The predicted molar refractivity (Wildman–Crippen MR) is 76.4 cm³/mol. The fourth-order valence-electron chi connectivity index (χ4n) is 2.56. The molecule has 0 aliphatic carbocycles. The minimum atomic E-state index is -0.481. The van der Waals surface area contributed by atoms with E-state index < -0.39 is 10.7 Å². The third kappa shape index (κ3) is 3.45. The highest BCUT2D eigenvalue weighted by molar-refractivity contribution is 5.61. The molecule has 0 aromatic heterocycles. The van der Waals surface area contributed by atoms with Gasteiger partial charge in [-0.05, 0) is 32.8 Å². The summed E-state index contributed by atoms with van der Waals surface area (Å²) in [7, 11) is 0. The summed E-state index contributed by atoms with van der Waals surface area (Å²) in [5, 5.41) is 14.1. The van der Waals surface area contributed by atoms with Gasteiger partial charge in [-0.1, -0.05) is 0 Å². The summed E-state index contributed by atoms with van der Waals surface area (Å²) < 4.78 is 13.3. The van der Waals surface area contributed by atoms with Crippen LogP contribution in [0.25, 0.3) is 0 Å². The van der Waals surface area contributed by atoms with E-state index in [2.05, 4.69) is 24.1 Å². The molecule has 1 N–H and O–H groups in total. The average Bonchev–Trinajstić information content (AvgIpc) is 2.39. The van der Waals surface area contributed by atoms with Crippen LogP contribution in [0.3, 0.4) is 0 Å². The number of hydrogen-bond donors (Lipinski definition) is 1. The molecule has 0 radical (unpaired) electrons. The highest BCUT2D eigenvalue weighted by Crippen LogP contribution is 2.27. The minimum Gasteiger partial charge on any atom is -0.377 e. The van der Waals surface area contributed by atoms with Crippen LogP contribution in [0.15, 0.2) is 18.2 Å². The highest BCUT2D eigenvalue weighted by atomic mass is 19.1. The number of halogens is 1.